The van der Waals surface area contributed by atoms with Gasteiger partial charge in [0.05, 0.1) is 17.9 Å². The van der Waals surface area contributed by atoms with Crippen molar-refractivity contribution in [3.8, 4) is 11.4 Å². The molecule has 0 radical (unpaired) electrons. The number of carbonyl (C=O) groups excluding carboxylic acids is 2. The Hall–Kier alpha value is -2.17. The molecule has 0 saturated carbocycles. The molecule has 3 aromatic heterocycles. The summed E-state index contributed by atoms with van der Waals surface area (Å²) in [7, 11) is 0. The minimum absolute atomic E-state index is 0.181. The van der Waals surface area contributed by atoms with Crippen molar-refractivity contribution in [2.75, 3.05) is 17.7 Å². The van der Waals surface area contributed by atoms with Gasteiger partial charge in [0, 0.05) is 27.2 Å². The summed E-state index contributed by atoms with van der Waals surface area (Å²) in [6.07, 6.45) is 5.17. The number of thiophene rings is 2. The summed E-state index contributed by atoms with van der Waals surface area (Å²) in [6, 6.07) is 1.80. The predicted molar refractivity (Wildman–Crippen MR) is 144 cm³/mol. The third kappa shape index (κ3) is 5.81. The van der Waals surface area contributed by atoms with Gasteiger partial charge in [-0.05, 0) is 56.6 Å². The summed E-state index contributed by atoms with van der Waals surface area (Å²) in [4.78, 5) is 27.6. The number of rotatable bonds is 10. The van der Waals surface area contributed by atoms with Crippen molar-refractivity contribution < 1.29 is 14.3 Å². The summed E-state index contributed by atoms with van der Waals surface area (Å²) >= 11 is 4.62. The molecule has 0 aliphatic heterocycles. The standard InChI is InChI=1S/C25H32N4O3S3/c1-5-10-29-22(19-13-33-20-11-15(4)8-9-17(19)20)27-28-25(29)34-14-21(30)26-23-18(24(31)32-7-3)12-16(6-2)35-23/h12-13,15H,5-11,14H2,1-4H3,(H,26,30). The summed E-state index contributed by atoms with van der Waals surface area (Å²) < 4.78 is 7.30. The molecule has 1 aliphatic carbocycles. The van der Waals surface area contributed by atoms with E-state index in [-0.39, 0.29) is 11.7 Å². The van der Waals surface area contributed by atoms with Crippen molar-refractivity contribution in [2.24, 2.45) is 5.92 Å². The number of thioether (sulfide) groups is 1. The SMILES string of the molecule is CCCn1c(SCC(=O)Nc2sc(CC)cc2C(=O)OCC)nnc1-c1csc2c1CCC(C)C2. The second-order valence-electron chi connectivity index (χ2n) is 8.72. The fourth-order valence-electron chi connectivity index (χ4n) is 4.25. The van der Waals surface area contributed by atoms with Gasteiger partial charge in [0.15, 0.2) is 11.0 Å². The Kier molecular flexibility index (Phi) is 8.67. The molecule has 4 rings (SSSR count). The number of aromatic nitrogens is 3. The highest BCUT2D eigenvalue weighted by Crippen LogP contribution is 2.38. The van der Waals surface area contributed by atoms with Gasteiger partial charge in [0.25, 0.3) is 0 Å². The number of nitrogens with zero attached hydrogens (tertiary/aromatic N) is 3. The van der Waals surface area contributed by atoms with E-state index in [1.165, 1.54) is 45.5 Å². The molecular weight excluding hydrogens is 501 g/mol. The Morgan fingerprint density at radius 3 is 2.86 bits per heavy atom. The maximum absolute atomic E-state index is 12.8. The van der Waals surface area contributed by atoms with Crippen LogP contribution in [0.4, 0.5) is 5.00 Å². The highest BCUT2D eigenvalue weighted by molar-refractivity contribution is 7.99. The highest BCUT2D eigenvalue weighted by atomic mass is 32.2. The lowest BCUT2D eigenvalue weighted by Gasteiger charge is -2.19. The Balaban J connectivity index is 1.48. The highest BCUT2D eigenvalue weighted by Gasteiger charge is 2.25. The first-order chi connectivity index (χ1) is 16.9. The number of anilines is 1. The molecule has 0 fully saturated rings. The Labute approximate surface area is 218 Å². The van der Waals surface area contributed by atoms with E-state index in [0.717, 1.165) is 54.0 Å². The molecule has 0 saturated heterocycles. The second kappa shape index (κ2) is 11.7. The van der Waals surface area contributed by atoms with Crippen molar-refractivity contribution >= 4 is 51.3 Å². The van der Waals surface area contributed by atoms with Crippen molar-refractivity contribution in [2.45, 2.75) is 71.5 Å². The van der Waals surface area contributed by atoms with E-state index in [2.05, 4.69) is 39.3 Å². The molecule has 1 N–H and O–H groups in total. The van der Waals surface area contributed by atoms with E-state index in [0.29, 0.717) is 17.2 Å². The van der Waals surface area contributed by atoms with Crippen LogP contribution in [0.3, 0.4) is 0 Å². The summed E-state index contributed by atoms with van der Waals surface area (Å²) in [5.41, 5.74) is 3.03. The normalized spacial score (nSPS) is 15.1. The average molecular weight is 533 g/mol. The molecule has 3 heterocycles. The summed E-state index contributed by atoms with van der Waals surface area (Å²) in [6.45, 7) is 9.33. The number of nitrogens with one attached hydrogen (secondary N) is 1. The topological polar surface area (TPSA) is 86.1 Å². The van der Waals surface area contributed by atoms with Crippen molar-refractivity contribution in [3.05, 3.63) is 32.3 Å². The first-order valence-electron chi connectivity index (χ1n) is 12.2. The number of ether oxygens (including phenoxy) is 1. The van der Waals surface area contributed by atoms with Gasteiger partial charge < -0.3 is 14.6 Å². The van der Waals surface area contributed by atoms with Gasteiger partial charge >= 0.3 is 5.97 Å². The lowest BCUT2D eigenvalue weighted by Crippen LogP contribution is -2.16. The second-order valence-corrected chi connectivity index (χ2v) is 11.8. The van der Waals surface area contributed by atoms with Crippen molar-refractivity contribution in [1.82, 2.24) is 14.8 Å². The van der Waals surface area contributed by atoms with E-state index < -0.39 is 5.97 Å². The predicted octanol–water partition coefficient (Wildman–Crippen LogP) is 6.07. The molecule has 7 nitrogen and oxygen atoms in total. The van der Waals surface area contributed by atoms with Crippen LogP contribution in [0.15, 0.2) is 16.6 Å². The maximum Gasteiger partial charge on any atom is 0.341 e. The van der Waals surface area contributed by atoms with Gasteiger partial charge in [-0.2, -0.15) is 0 Å². The summed E-state index contributed by atoms with van der Waals surface area (Å²) in [5, 5.41) is 15.4. The molecule has 0 spiro atoms. The minimum Gasteiger partial charge on any atom is -0.462 e. The lowest BCUT2D eigenvalue weighted by atomic mass is 9.88. The molecule has 1 aliphatic rings. The molecule has 35 heavy (non-hydrogen) atoms. The zero-order chi connectivity index (χ0) is 24.9. The van der Waals surface area contributed by atoms with Crippen LogP contribution in [-0.2, 0) is 35.3 Å². The first kappa shape index (κ1) is 25.9. The molecule has 1 atom stereocenters. The quantitative estimate of drug-likeness (QED) is 0.252. The maximum atomic E-state index is 12.8. The smallest absolute Gasteiger partial charge is 0.341 e. The van der Waals surface area contributed by atoms with Gasteiger partial charge in [-0.15, -0.1) is 32.9 Å². The van der Waals surface area contributed by atoms with Crippen LogP contribution in [0.25, 0.3) is 11.4 Å². The fraction of sp³-hybridized carbons (Fsp3) is 0.520. The number of fused-ring (bicyclic) bond motifs is 1. The average Bonchev–Trinajstić information content (AvgIpc) is 3.54. The molecule has 0 bridgehead atoms. The van der Waals surface area contributed by atoms with Crippen LogP contribution in [0.1, 0.15) is 66.2 Å². The van der Waals surface area contributed by atoms with Gasteiger partial charge in [-0.3, -0.25) is 4.79 Å². The minimum atomic E-state index is -0.410. The number of esters is 1. The molecule has 1 amide bonds. The van der Waals surface area contributed by atoms with Crippen molar-refractivity contribution in [3.63, 3.8) is 0 Å². The zero-order valence-corrected chi connectivity index (χ0v) is 23.1. The number of aryl methyl sites for hydroxylation is 1. The number of amides is 1. The molecule has 3 aromatic rings. The van der Waals surface area contributed by atoms with Crippen LogP contribution in [0, 0.1) is 5.92 Å². The zero-order valence-electron chi connectivity index (χ0n) is 20.7. The van der Waals surface area contributed by atoms with Crippen LogP contribution >= 0.6 is 34.4 Å². The van der Waals surface area contributed by atoms with Gasteiger partial charge in [-0.25, -0.2) is 4.79 Å². The first-order valence-corrected chi connectivity index (χ1v) is 14.9. The molecule has 188 valence electrons. The van der Waals surface area contributed by atoms with Crippen LogP contribution in [0.2, 0.25) is 0 Å². The molecule has 10 heteroatoms. The van der Waals surface area contributed by atoms with E-state index in [1.54, 1.807) is 13.0 Å². The molecule has 1 unspecified atom stereocenters. The van der Waals surface area contributed by atoms with Gasteiger partial charge in [-0.1, -0.05) is 32.5 Å². The monoisotopic (exact) mass is 532 g/mol. The van der Waals surface area contributed by atoms with Crippen molar-refractivity contribution in [1.29, 1.82) is 0 Å². The van der Waals surface area contributed by atoms with Crippen LogP contribution < -0.4 is 5.32 Å². The van der Waals surface area contributed by atoms with E-state index in [1.807, 2.05) is 18.3 Å². The lowest BCUT2D eigenvalue weighted by molar-refractivity contribution is -0.113. The third-order valence-corrected chi connectivity index (χ3v) is 9.23. The Morgan fingerprint density at radius 1 is 1.29 bits per heavy atom. The van der Waals surface area contributed by atoms with Gasteiger partial charge in [0.2, 0.25) is 5.91 Å². The number of hydrogen-bond acceptors (Lipinski definition) is 8. The fourth-order valence-corrected chi connectivity index (χ4v) is 7.25. The van der Waals surface area contributed by atoms with Gasteiger partial charge in [0.1, 0.15) is 5.00 Å². The number of carbonyl (C=O) groups is 2. The number of hydrogen-bond donors (Lipinski definition) is 1. The Morgan fingerprint density at radius 2 is 2.11 bits per heavy atom. The van der Waals surface area contributed by atoms with Crippen LogP contribution in [-0.4, -0.2) is 39.0 Å². The van der Waals surface area contributed by atoms with E-state index in [4.69, 9.17) is 4.74 Å². The van der Waals surface area contributed by atoms with Crippen LogP contribution in [0.5, 0.6) is 0 Å². The Bertz CT molecular complexity index is 1200. The summed E-state index contributed by atoms with van der Waals surface area (Å²) in [5.74, 6) is 1.22. The largest absolute Gasteiger partial charge is 0.462 e. The van der Waals surface area contributed by atoms with E-state index in [9.17, 15) is 9.59 Å². The molecule has 0 aromatic carbocycles. The third-order valence-electron chi connectivity index (χ3n) is 6.02. The van der Waals surface area contributed by atoms with E-state index >= 15 is 0 Å². The molecular formula is C25H32N4O3S3.